The summed E-state index contributed by atoms with van der Waals surface area (Å²) in [5.74, 6) is -0.340. The van der Waals surface area contributed by atoms with Gasteiger partial charge in [-0.05, 0) is 31.2 Å². The molecule has 1 amide bonds. The summed E-state index contributed by atoms with van der Waals surface area (Å²) in [4.78, 5) is 17.6. The number of pyridine rings is 1. The number of para-hydroxylation sites is 1. The fourth-order valence-electron chi connectivity index (χ4n) is 3.03. The number of hydrazone groups is 1. The Morgan fingerprint density at radius 3 is 2.67 bits per heavy atom. The van der Waals surface area contributed by atoms with Gasteiger partial charge in [0.25, 0.3) is 5.91 Å². The van der Waals surface area contributed by atoms with E-state index in [0.717, 1.165) is 22.2 Å². The molecule has 0 unspecified atom stereocenters. The first-order valence-electron chi connectivity index (χ1n) is 9.11. The molecule has 4 rings (SSSR count). The zero-order valence-corrected chi connectivity index (χ0v) is 17.7. The Labute approximate surface area is 183 Å². The standard InChI is InChI=1S/C22H17Cl2N5O/c1-13-15(12-26-29(13)2)11-25-28-22(30)17-10-21(14-7-8-18(23)19(24)9-14)27-20-6-4-3-5-16(17)20/h3-12H,1-2H3,(H,28,30)/b25-11-. The molecule has 1 N–H and O–H groups in total. The van der Waals surface area contributed by atoms with Crippen LogP contribution in [-0.2, 0) is 7.05 Å². The molecule has 0 aliphatic heterocycles. The maximum Gasteiger partial charge on any atom is 0.272 e. The lowest BCUT2D eigenvalue weighted by molar-refractivity contribution is 0.0956. The van der Waals surface area contributed by atoms with Crippen molar-refractivity contribution >= 4 is 46.2 Å². The van der Waals surface area contributed by atoms with Crippen LogP contribution in [0.25, 0.3) is 22.2 Å². The van der Waals surface area contributed by atoms with Gasteiger partial charge in [0.05, 0.1) is 39.2 Å². The zero-order valence-electron chi connectivity index (χ0n) is 16.2. The highest BCUT2D eigenvalue weighted by atomic mass is 35.5. The predicted molar refractivity (Wildman–Crippen MR) is 120 cm³/mol. The number of carbonyl (C=O) groups excluding carboxylic acids is 1. The summed E-state index contributed by atoms with van der Waals surface area (Å²) in [7, 11) is 1.85. The largest absolute Gasteiger partial charge is 0.272 e. The number of hydrogen-bond acceptors (Lipinski definition) is 4. The van der Waals surface area contributed by atoms with Crippen molar-refractivity contribution in [2.75, 3.05) is 0 Å². The Kier molecular flexibility index (Phi) is 5.53. The monoisotopic (exact) mass is 437 g/mol. The van der Waals surface area contributed by atoms with Crippen LogP contribution in [0.1, 0.15) is 21.6 Å². The Balaban J connectivity index is 1.70. The van der Waals surface area contributed by atoms with Gasteiger partial charge >= 0.3 is 0 Å². The van der Waals surface area contributed by atoms with Gasteiger partial charge in [0.15, 0.2) is 0 Å². The highest BCUT2D eigenvalue weighted by Crippen LogP contribution is 2.30. The van der Waals surface area contributed by atoms with Gasteiger partial charge in [0.1, 0.15) is 0 Å². The quantitative estimate of drug-likeness (QED) is 0.360. The molecule has 4 aromatic rings. The summed E-state index contributed by atoms with van der Waals surface area (Å²) < 4.78 is 1.74. The molecule has 0 atom stereocenters. The number of fused-ring (bicyclic) bond motifs is 1. The molecule has 30 heavy (non-hydrogen) atoms. The first kappa shape index (κ1) is 20.1. The number of benzene rings is 2. The van der Waals surface area contributed by atoms with Gasteiger partial charge in [-0.3, -0.25) is 9.48 Å². The van der Waals surface area contributed by atoms with Crippen LogP contribution in [0.3, 0.4) is 0 Å². The minimum atomic E-state index is -0.340. The second kappa shape index (κ2) is 8.26. The molecule has 2 aromatic carbocycles. The van der Waals surface area contributed by atoms with E-state index in [2.05, 4.69) is 20.6 Å². The molecule has 150 valence electrons. The van der Waals surface area contributed by atoms with E-state index < -0.39 is 0 Å². The lowest BCUT2D eigenvalue weighted by Crippen LogP contribution is -2.18. The second-order valence-electron chi connectivity index (χ2n) is 6.71. The number of halogens is 2. The third-order valence-corrected chi connectivity index (χ3v) is 5.56. The molecule has 2 heterocycles. The van der Waals surface area contributed by atoms with E-state index in [1.165, 1.54) is 0 Å². The van der Waals surface area contributed by atoms with Crippen molar-refractivity contribution < 1.29 is 4.79 Å². The van der Waals surface area contributed by atoms with Crippen LogP contribution < -0.4 is 5.43 Å². The van der Waals surface area contributed by atoms with Crippen molar-refractivity contribution in [1.82, 2.24) is 20.2 Å². The molecule has 6 nitrogen and oxygen atoms in total. The molecular formula is C22H17Cl2N5O. The Bertz CT molecular complexity index is 1300. The number of aryl methyl sites for hydroxylation is 1. The van der Waals surface area contributed by atoms with Gasteiger partial charge in [-0.15, -0.1) is 0 Å². The summed E-state index contributed by atoms with van der Waals surface area (Å²) >= 11 is 12.2. The minimum absolute atomic E-state index is 0.340. The molecule has 0 bridgehead atoms. The van der Waals surface area contributed by atoms with Crippen LogP contribution in [-0.4, -0.2) is 26.9 Å². The Morgan fingerprint density at radius 2 is 1.93 bits per heavy atom. The minimum Gasteiger partial charge on any atom is -0.272 e. The molecule has 0 spiro atoms. The first-order valence-corrected chi connectivity index (χ1v) is 9.87. The Morgan fingerprint density at radius 1 is 1.13 bits per heavy atom. The fraction of sp³-hybridized carbons (Fsp3) is 0.0909. The summed E-state index contributed by atoms with van der Waals surface area (Å²) in [6.45, 7) is 1.93. The summed E-state index contributed by atoms with van der Waals surface area (Å²) in [6, 6.07) is 14.4. The van der Waals surface area contributed by atoms with Crippen LogP contribution in [0.15, 0.2) is 59.8 Å². The van der Waals surface area contributed by atoms with Crippen LogP contribution >= 0.6 is 23.2 Å². The van der Waals surface area contributed by atoms with E-state index in [-0.39, 0.29) is 5.91 Å². The number of hydrogen-bond donors (Lipinski definition) is 1. The number of nitrogens with zero attached hydrogens (tertiary/aromatic N) is 4. The lowest BCUT2D eigenvalue weighted by atomic mass is 10.0. The molecule has 0 radical (unpaired) electrons. The van der Waals surface area contributed by atoms with E-state index in [9.17, 15) is 4.79 Å². The molecule has 2 aromatic heterocycles. The third kappa shape index (κ3) is 3.92. The maximum absolute atomic E-state index is 12.9. The van der Waals surface area contributed by atoms with Gasteiger partial charge < -0.3 is 0 Å². The number of carbonyl (C=O) groups is 1. The molecule has 0 saturated heterocycles. The molecule has 0 aliphatic carbocycles. The van der Waals surface area contributed by atoms with Crippen molar-refractivity contribution in [2.45, 2.75) is 6.92 Å². The average molecular weight is 438 g/mol. The topological polar surface area (TPSA) is 72.2 Å². The zero-order chi connectivity index (χ0) is 21.3. The molecule has 0 saturated carbocycles. The Hall–Kier alpha value is -3.22. The lowest BCUT2D eigenvalue weighted by Gasteiger charge is -2.09. The second-order valence-corrected chi connectivity index (χ2v) is 7.52. The number of aromatic nitrogens is 3. The van der Waals surface area contributed by atoms with E-state index in [1.807, 2.05) is 44.3 Å². The van der Waals surface area contributed by atoms with Crippen molar-refractivity contribution in [3.63, 3.8) is 0 Å². The van der Waals surface area contributed by atoms with E-state index in [4.69, 9.17) is 23.2 Å². The highest BCUT2D eigenvalue weighted by Gasteiger charge is 2.14. The number of rotatable bonds is 4. The van der Waals surface area contributed by atoms with E-state index >= 15 is 0 Å². The third-order valence-electron chi connectivity index (χ3n) is 4.82. The van der Waals surface area contributed by atoms with Crippen LogP contribution in [0.2, 0.25) is 10.0 Å². The van der Waals surface area contributed by atoms with E-state index in [0.29, 0.717) is 26.8 Å². The number of nitrogens with one attached hydrogen (secondary N) is 1. The molecule has 0 fully saturated rings. The highest BCUT2D eigenvalue weighted by molar-refractivity contribution is 6.42. The fourth-order valence-corrected chi connectivity index (χ4v) is 3.33. The number of amides is 1. The van der Waals surface area contributed by atoms with Crippen molar-refractivity contribution in [2.24, 2.45) is 12.1 Å². The molecule has 8 heteroatoms. The first-order chi connectivity index (χ1) is 14.4. The van der Waals surface area contributed by atoms with Crippen LogP contribution in [0, 0.1) is 6.92 Å². The average Bonchev–Trinajstić information content (AvgIpc) is 3.07. The van der Waals surface area contributed by atoms with Gasteiger partial charge in [-0.2, -0.15) is 10.2 Å². The van der Waals surface area contributed by atoms with Gasteiger partial charge in [0.2, 0.25) is 0 Å². The SMILES string of the molecule is Cc1c(/C=N\NC(=O)c2cc(-c3ccc(Cl)c(Cl)c3)nc3ccccc23)cnn1C. The van der Waals surface area contributed by atoms with Crippen molar-refractivity contribution in [1.29, 1.82) is 0 Å². The van der Waals surface area contributed by atoms with Gasteiger partial charge in [-0.25, -0.2) is 10.4 Å². The maximum atomic E-state index is 12.9. The summed E-state index contributed by atoms with van der Waals surface area (Å²) in [6.07, 6.45) is 3.26. The summed E-state index contributed by atoms with van der Waals surface area (Å²) in [5.41, 5.74) is 6.90. The van der Waals surface area contributed by atoms with Crippen molar-refractivity contribution in [3.05, 3.63) is 81.6 Å². The van der Waals surface area contributed by atoms with Gasteiger partial charge in [-0.1, -0.05) is 47.5 Å². The van der Waals surface area contributed by atoms with Crippen molar-refractivity contribution in [3.8, 4) is 11.3 Å². The predicted octanol–water partition coefficient (Wildman–Crippen LogP) is 5.01. The normalized spacial score (nSPS) is 11.3. The summed E-state index contributed by atoms with van der Waals surface area (Å²) in [5, 5.41) is 9.85. The van der Waals surface area contributed by atoms with Crippen LogP contribution in [0.4, 0.5) is 0 Å². The molecule has 0 aliphatic rings. The van der Waals surface area contributed by atoms with Gasteiger partial charge in [0, 0.05) is 29.3 Å². The smallest absolute Gasteiger partial charge is 0.272 e. The van der Waals surface area contributed by atoms with E-state index in [1.54, 1.807) is 35.3 Å². The molecular weight excluding hydrogens is 421 g/mol. The van der Waals surface area contributed by atoms with Crippen LogP contribution in [0.5, 0.6) is 0 Å².